The molecule has 25 heavy (non-hydrogen) atoms. The van der Waals surface area contributed by atoms with Crippen LogP contribution in [-0.2, 0) is 9.47 Å². The summed E-state index contributed by atoms with van der Waals surface area (Å²) < 4.78 is 11.1. The summed E-state index contributed by atoms with van der Waals surface area (Å²) in [7, 11) is 0. The monoisotopic (exact) mass is 339 g/mol. The van der Waals surface area contributed by atoms with E-state index in [9.17, 15) is 4.79 Å². The van der Waals surface area contributed by atoms with Gasteiger partial charge in [0.15, 0.2) is 0 Å². The van der Waals surface area contributed by atoms with Crippen molar-refractivity contribution in [1.82, 2.24) is 5.32 Å². The van der Waals surface area contributed by atoms with Crippen molar-refractivity contribution in [1.29, 1.82) is 0 Å². The molecule has 1 saturated heterocycles. The zero-order chi connectivity index (χ0) is 17.3. The lowest BCUT2D eigenvalue weighted by atomic mass is 10.0. The number of ether oxygens (including phenoxy) is 2. The molecule has 4 heteroatoms. The summed E-state index contributed by atoms with van der Waals surface area (Å²) in [5.74, 6) is -0.0428. The third-order valence-electron chi connectivity index (χ3n) is 4.33. The van der Waals surface area contributed by atoms with Gasteiger partial charge in [0, 0.05) is 25.3 Å². The molecule has 0 aliphatic carbocycles. The Hall–Kier alpha value is -2.17. The molecule has 3 rings (SSSR count). The molecule has 2 aromatic rings. The van der Waals surface area contributed by atoms with Crippen LogP contribution in [0.3, 0.4) is 0 Å². The van der Waals surface area contributed by atoms with Crippen molar-refractivity contribution in [2.24, 2.45) is 0 Å². The van der Waals surface area contributed by atoms with E-state index >= 15 is 0 Å². The molecular weight excluding hydrogens is 314 g/mol. The third-order valence-corrected chi connectivity index (χ3v) is 4.33. The Bertz CT molecular complexity index is 649. The van der Waals surface area contributed by atoms with E-state index in [2.05, 4.69) is 17.4 Å². The van der Waals surface area contributed by atoms with Gasteiger partial charge in [-0.3, -0.25) is 4.79 Å². The fourth-order valence-corrected chi connectivity index (χ4v) is 2.91. The summed E-state index contributed by atoms with van der Waals surface area (Å²) >= 11 is 0. The van der Waals surface area contributed by atoms with E-state index in [0.717, 1.165) is 37.0 Å². The smallest absolute Gasteiger partial charge is 0.251 e. The SMILES string of the molecule is O=C(NCCCOCC1CCCO1)c1ccc(-c2ccccc2)cc1. The van der Waals surface area contributed by atoms with Gasteiger partial charge in [0.25, 0.3) is 5.91 Å². The first-order valence-electron chi connectivity index (χ1n) is 8.96. The number of carbonyl (C=O) groups is 1. The van der Waals surface area contributed by atoms with Crippen molar-refractivity contribution < 1.29 is 14.3 Å². The second kappa shape index (κ2) is 9.35. The molecule has 1 N–H and O–H groups in total. The molecule has 1 atom stereocenters. The minimum absolute atomic E-state index is 0.0428. The van der Waals surface area contributed by atoms with E-state index in [-0.39, 0.29) is 12.0 Å². The lowest BCUT2D eigenvalue weighted by molar-refractivity contribution is 0.0166. The van der Waals surface area contributed by atoms with E-state index in [1.165, 1.54) is 0 Å². The van der Waals surface area contributed by atoms with Gasteiger partial charge >= 0.3 is 0 Å². The van der Waals surface area contributed by atoms with Gasteiger partial charge < -0.3 is 14.8 Å². The second-order valence-corrected chi connectivity index (χ2v) is 6.26. The van der Waals surface area contributed by atoms with E-state index in [0.29, 0.717) is 25.3 Å². The van der Waals surface area contributed by atoms with Crippen molar-refractivity contribution >= 4 is 5.91 Å². The van der Waals surface area contributed by atoms with E-state index < -0.39 is 0 Å². The molecule has 0 radical (unpaired) electrons. The van der Waals surface area contributed by atoms with Crippen LogP contribution in [-0.4, -0.2) is 38.4 Å². The molecule has 0 spiro atoms. The minimum atomic E-state index is -0.0428. The molecule has 2 aromatic carbocycles. The zero-order valence-corrected chi connectivity index (χ0v) is 14.4. The summed E-state index contributed by atoms with van der Waals surface area (Å²) in [4.78, 5) is 12.2. The Labute approximate surface area is 149 Å². The van der Waals surface area contributed by atoms with Gasteiger partial charge in [0.1, 0.15) is 0 Å². The van der Waals surface area contributed by atoms with Crippen LogP contribution in [0.5, 0.6) is 0 Å². The van der Waals surface area contributed by atoms with Crippen molar-refractivity contribution in [3.05, 3.63) is 60.2 Å². The Balaban J connectivity index is 1.36. The molecule has 0 bridgehead atoms. The molecule has 0 saturated carbocycles. The Morgan fingerprint density at radius 2 is 1.84 bits per heavy atom. The number of rotatable bonds is 8. The molecule has 1 amide bonds. The minimum Gasteiger partial charge on any atom is -0.379 e. The Morgan fingerprint density at radius 3 is 2.56 bits per heavy atom. The van der Waals surface area contributed by atoms with Crippen molar-refractivity contribution in [2.75, 3.05) is 26.4 Å². The van der Waals surface area contributed by atoms with Gasteiger partial charge in [0.05, 0.1) is 12.7 Å². The largest absolute Gasteiger partial charge is 0.379 e. The fourth-order valence-electron chi connectivity index (χ4n) is 2.91. The lowest BCUT2D eigenvalue weighted by Crippen LogP contribution is -2.25. The van der Waals surface area contributed by atoms with Crippen molar-refractivity contribution in [3.8, 4) is 11.1 Å². The van der Waals surface area contributed by atoms with Crippen LogP contribution in [0.25, 0.3) is 11.1 Å². The van der Waals surface area contributed by atoms with E-state index in [4.69, 9.17) is 9.47 Å². The topological polar surface area (TPSA) is 47.6 Å². The summed E-state index contributed by atoms with van der Waals surface area (Å²) in [5.41, 5.74) is 2.94. The average Bonchev–Trinajstić information content (AvgIpc) is 3.19. The predicted molar refractivity (Wildman–Crippen MR) is 98.6 cm³/mol. The second-order valence-electron chi connectivity index (χ2n) is 6.26. The van der Waals surface area contributed by atoms with Crippen LogP contribution in [0.4, 0.5) is 0 Å². The summed E-state index contributed by atoms with van der Waals surface area (Å²) in [6.45, 7) is 2.78. The molecule has 132 valence electrons. The molecule has 0 aromatic heterocycles. The number of amides is 1. The number of nitrogens with one attached hydrogen (secondary N) is 1. The molecule has 1 heterocycles. The standard InChI is InChI=1S/C21H25NO3/c23-21(22-13-5-14-24-16-20-8-4-15-25-20)19-11-9-18(10-12-19)17-6-2-1-3-7-17/h1-3,6-7,9-12,20H,4-5,8,13-16H2,(H,22,23). The molecule has 1 unspecified atom stereocenters. The number of benzene rings is 2. The molecule has 4 nitrogen and oxygen atoms in total. The lowest BCUT2D eigenvalue weighted by Gasteiger charge is -2.10. The zero-order valence-electron chi connectivity index (χ0n) is 14.4. The van der Waals surface area contributed by atoms with Crippen LogP contribution in [0.2, 0.25) is 0 Å². The Morgan fingerprint density at radius 1 is 1.08 bits per heavy atom. The average molecular weight is 339 g/mol. The highest BCUT2D eigenvalue weighted by Gasteiger charge is 2.14. The fraction of sp³-hybridized carbons (Fsp3) is 0.381. The highest BCUT2D eigenvalue weighted by atomic mass is 16.5. The maximum absolute atomic E-state index is 12.2. The van der Waals surface area contributed by atoms with Crippen LogP contribution in [0, 0.1) is 0 Å². The van der Waals surface area contributed by atoms with Gasteiger partial charge in [-0.2, -0.15) is 0 Å². The van der Waals surface area contributed by atoms with Gasteiger partial charge in [-0.05, 0) is 42.5 Å². The highest BCUT2D eigenvalue weighted by molar-refractivity contribution is 5.94. The van der Waals surface area contributed by atoms with Gasteiger partial charge in [-0.1, -0.05) is 42.5 Å². The normalized spacial score (nSPS) is 16.7. The van der Waals surface area contributed by atoms with Crippen molar-refractivity contribution in [3.63, 3.8) is 0 Å². The first kappa shape index (κ1) is 17.6. The van der Waals surface area contributed by atoms with E-state index in [1.807, 2.05) is 42.5 Å². The maximum atomic E-state index is 12.2. The van der Waals surface area contributed by atoms with Gasteiger partial charge in [-0.25, -0.2) is 0 Å². The van der Waals surface area contributed by atoms with Gasteiger partial charge in [-0.15, -0.1) is 0 Å². The quantitative estimate of drug-likeness (QED) is 0.747. The summed E-state index contributed by atoms with van der Waals surface area (Å²) in [5, 5.41) is 2.94. The highest BCUT2D eigenvalue weighted by Crippen LogP contribution is 2.19. The van der Waals surface area contributed by atoms with Crippen LogP contribution in [0.15, 0.2) is 54.6 Å². The number of hydrogen-bond donors (Lipinski definition) is 1. The molecule has 1 aliphatic heterocycles. The molecule has 1 fully saturated rings. The number of hydrogen-bond acceptors (Lipinski definition) is 3. The molecule has 1 aliphatic rings. The molecular formula is C21H25NO3. The third kappa shape index (κ3) is 5.41. The van der Waals surface area contributed by atoms with Gasteiger partial charge in [0.2, 0.25) is 0 Å². The van der Waals surface area contributed by atoms with Crippen LogP contribution >= 0.6 is 0 Å². The Kier molecular flexibility index (Phi) is 6.60. The maximum Gasteiger partial charge on any atom is 0.251 e. The van der Waals surface area contributed by atoms with Crippen LogP contribution in [0.1, 0.15) is 29.6 Å². The predicted octanol–water partition coefficient (Wildman–Crippen LogP) is 3.67. The number of carbonyl (C=O) groups excluding carboxylic acids is 1. The van der Waals surface area contributed by atoms with Crippen molar-refractivity contribution in [2.45, 2.75) is 25.4 Å². The van der Waals surface area contributed by atoms with E-state index in [1.54, 1.807) is 0 Å². The van der Waals surface area contributed by atoms with Crippen LogP contribution < -0.4 is 5.32 Å². The first-order chi connectivity index (χ1) is 12.3. The first-order valence-corrected chi connectivity index (χ1v) is 8.96. The summed E-state index contributed by atoms with van der Waals surface area (Å²) in [6.07, 6.45) is 3.29. The summed E-state index contributed by atoms with van der Waals surface area (Å²) in [6, 6.07) is 17.8.